The van der Waals surface area contributed by atoms with E-state index >= 15 is 0 Å². The number of thiophene rings is 1. The number of aryl methyl sites for hydroxylation is 2. The Morgan fingerprint density at radius 1 is 1.08 bits per heavy atom. The van der Waals surface area contributed by atoms with Crippen LogP contribution in [0.2, 0.25) is 0 Å². The molecule has 0 unspecified atom stereocenters. The standard InChI is InChI=1S/C11H10S/c1-2-8-4-5-9-6-7-12-11(9)10(8)3-1/h4-7H,1-3H2. The van der Waals surface area contributed by atoms with Gasteiger partial charge in [-0.3, -0.25) is 0 Å². The summed E-state index contributed by atoms with van der Waals surface area (Å²) in [6.07, 6.45) is 3.95. The zero-order valence-electron chi connectivity index (χ0n) is 6.84. The zero-order chi connectivity index (χ0) is 7.97. The van der Waals surface area contributed by atoms with Gasteiger partial charge in [0.2, 0.25) is 0 Å². The Hall–Kier alpha value is -0.820. The van der Waals surface area contributed by atoms with Gasteiger partial charge >= 0.3 is 0 Å². The number of hydrogen-bond donors (Lipinski definition) is 0. The van der Waals surface area contributed by atoms with Crippen molar-refractivity contribution < 1.29 is 0 Å². The first kappa shape index (κ1) is 6.67. The Kier molecular flexibility index (Phi) is 1.30. The molecule has 0 saturated heterocycles. The van der Waals surface area contributed by atoms with E-state index in [0.717, 1.165) is 0 Å². The van der Waals surface area contributed by atoms with Crippen LogP contribution in [0.25, 0.3) is 10.1 Å². The van der Waals surface area contributed by atoms with Crippen molar-refractivity contribution in [1.82, 2.24) is 0 Å². The van der Waals surface area contributed by atoms with Crippen LogP contribution in [0.4, 0.5) is 0 Å². The van der Waals surface area contributed by atoms with Crippen molar-refractivity contribution in [3.63, 3.8) is 0 Å². The van der Waals surface area contributed by atoms with E-state index in [4.69, 9.17) is 0 Å². The summed E-state index contributed by atoms with van der Waals surface area (Å²) in [6, 6.07) is 6.78. The SMILES string of the molecule is c1cc2ccc3c(c2s1)CCC3. The lowest BCUT2D eigenvalue weighted by atomic mass is 10.1. The molecule has 0 fully saturated rings. The van der Waals surface area contributed by atoms with Crippen molar-refractivity contribution in [3.8, 4) is 0 Å². The van der Waals surface area contributed by atoms with E-state index in [1.54, 1.807) is 11.1 Å². The van der Waals surface area contributed by atoms with Gasteiger partial charge < -0.3 is 0 Å². The van der Waals surface area contributed by atoms with E-state index in [1.165, 1.54) is 29.3 Å². The molecule has 1 heteroatoms. The molecule has 0 bridgehead atoms. The Balaban J connectivity index is 2.46. The molecule has 1 aromatic carbocycles. The summed E-state index contributed by atoms with van der Waals surface area (Å²) in [5.74, 6) is 0. The summed E-state index contributed by atoms with van der Waals surface area (Å²) in [5, 5.41) is 3.63. The fourth-order valence-electron chi connectivity index (χ4n) is 2.10. The average molecular weight is 174 g/mol. The molecule has 0 atom stereocenters. The van der Waals surface area contributed by atoms with Crippen LogP contribution in [-0.2, 0) is 12.8 Å². The van der Waals surface area contributed by atoms with Crippen LogP contribution >= 0.6 is 11.3 Å². The monoisotopic (exact) mass is 174 g/mol. The fourth-order valence-corrected chi connectivity index (χ4v) is 3.09. The fraction of sp³-hybridized carbons (Fsp3) is 0.273. The normalized spacial score (nSPS) is 15.3. The number of benzene rings is 1. The lowest BCUT2D eigenvalue weighted by Crippen LogP contribution is -1.79. The van der Waals surface area contributed by atoms with Gasteiger partial charge in [-0.05, 0) is 47.2 Å². The molecule has 3 rings (SSSR count). The minimum absolute atomic E-state index is 1.29. The van der Waals surface area contributed by atoms with E-state index < -0.39 is 0 Å². The maximum Gasteiger partial charge on any atom is 0.0377 e. The molecule has 0 amide bonds. The van der Waals surface area contributed by atoms with Gasteiger partial charge in [-0.1, -0.05) is 12.1 Å². The van der Waals surface area contributed by atoms with Crippen molar-refractivity contribution in [2.75, 3.05) is 0 Å². The summed E-state index contributed by atoms with van der Waals surface area (Å²) in [6.45, 7) is 0. The molecular weight excluding hydrogens is 164 g/mol. The van der Waals surface area contributed by atoms with Gasteiger partial charge in [0.25, 0.3) is 0 Å². The van der Waals surface area contributed by atoms with E-state index in [2.05, 4.69) is 23.6 Å². The number of fused-ring (bicyclic) bond motifs is 3. The van der Waals surface area contributed by atoms with Crippen LogP contribution in [0.5, 0.6) is 0 Å². The third-order valence-electron chi connectivity index (χ3n) is 2.69. The largest absolute Gasteiger partial charge is 0.144 e. The lowest BCUT2D eigenvalue weighted by molar-refractivity contribution is 0.914. The van der Waals surface area contributed by atoms with Gasteiger partial charge in [-0.25, -0.2) is 0 Å². The molecule has 0 radical (unpaired) electrons. The first-order valence-electron chi connectivity index (χ1n) is 4.43. The summed E-state index contributed by atoms with van der Waals surface area (Å²) in [5.41, 5.74) is 3.22. The van der Waals surface area contributed by atoms with Crippen molar-refractivity contribution in [2.45, 2.75) is 19.3 Å². The van der Waals surface area contributed by atoms with Crippen LogP contribution in [0.15, 0.2) is 23.6 Å². The summed E-state index contributed by atoms with van der Waals surface area (Å²) >= 11 is 1.89. The summed E-state index contributed by atoms with van der Waals surface area (Å²) in [7, 11) is 0. The highest BCUT2D eigenvalue weighted by atomic mass is 32.1. The second kappa shape index (κ2) is 2.33. The second-order valence-electron chi connectivity index (χ2n) is 3.40. The first-order valence-corrected chi connectivity index (χ1v) is 5.31. The smallest absolute Gasteiger partial charge is 0.0377 e. The van der Waals surface area contributed by atoms with Crippen LogP contribution in [0.1, 0.15) is 17.5 Å². The van der Waals surface area contributed by atoms with Gasteiger partial charge in [-0.15, -0.1) is 11.3 Å². The van der Waals surface area contributed by atoms with E-state index in [1.807, 2.05) is 11.3 Å². The van der Waals surface area contributed by atoms with Gasteiger partial charge in [0.15, 0.2) is 0 Å². The molecule has 0 aliphatic heterocycles. The van der Waals surface area contributed by atoms with Crippen LogP contribution in [0, 0.1) is 0 Å². The van der Waals surface area contributed by atoms with Crippen molar-refractivity contribution in [3.05, 3.63) is 34.7 Å². The first-order chi connectivity index (χ1) is 5.95. The quantitative estimate of drug-likeness (QED) is 0.574. The minimum atomic E-state index is 1.29. The van der Waals surface area contributed by atoms with Crippen LogP contribution in [-0.4, -0.2) is 0 Å². The minimum Gasteiger partial charge on any atom is -0.144 e. The Morgan fingerprint density at radius 2 is 2.08 bits per heavy atom. The molecule has 1 aliphatic carbocycles. The van der Waals surface area contributed by atoms with E-state index in [-0.39, 0.29) is 0 Å². The highest BCUT2D eigenvalue weighted by Crippen LogP contribution is 2.32. The topological polar surface area (TPSA) is 0 Å². The van der Waals surface area contributed by atoms with Gasteiger partial charge in [0.05, 0.1) is 0 Å². The van der Waals surface area contributed by atoms with E-state index in [0.29, 0.717) is 0 Å². The molecule has 0 nitrogen and oxygen atoms in total. The van der Waals surface area contributed by atoms with Crippen molar-refractivity contribution >= 4 is 21.4 Å². The predicted octanol–water partition coefficient (Wildman–Crippen LogP) is 3.39. The predicted molar refractivity (Wildman–Crippen MR) is 53.9 cm³/mol. The lowest BCUT2D eigenvalue weighted by Gasteiger charge is -1.98. The average Bonchev–Trinajstić information content (AvgIpc) is 2.71. The zero-order valence-corrected chi connectivity index (χ0v) is 7.66. The molecule has 1 aromatic heterocycles. The highest BCUT2D eigenvalue weighted by Gasteiger charge is 2.13. The molecule has 60 valence electrons. The van der Waals surface area contributed by atoms with Crippen LogP contribution in [0.3, 0.4) is 0 Å². The third-order valence-corrected chi connectivity index (χ3v) is 3.68. The third kappa shape index (κ3) is 0.774. The van der Waals surface area contributed by atoms with Gasteiger partial charge in [0.1, 0.15) is 0 Å². The Labute approximate surface area is 75.8 Å². The molecule has 1 heterocycles. The highest BCUT2D eigenvalue weighted by molar-refractivity contribution is 7.17. The van der Waals surface area contributed by atoms with Crippen LogP contribution < -0.4 is 0 Å². The number of hydrogen-bond acceptors (Lipinski definition) is 1. The Morgan fingerprint density at radius 3 is 3.08 bits per heavy atom. The van der Waals surface area contributed by atoms with E-state index in [9.17, 15) is 0 Å². The van der Waals surface area contributed by atoms with Crippen molar-refractivity contribution in [1.29, 1.82) is 0 Å². The Bertz CT molecular complexity index is 425. The van der Waals surface area contributed by atoms with Crippen molar-refractivity contribution in [2.24, 2.45) is 0 Å². The molecule has 1 aliphatic rings. The number of rotatable bonds is 0. The van der Waals surface area contributed by atoms with Gasteiger partial charge in [0, 0.05) is 4.70 Å². The van der Waals surface area contributed by atoms with Gasteiger partial charge in [-0.2, -0.15) is 0 Å². The maximum atomic E-state index is 2.30. The summed E-state index contributed by atoms with van der Waals surface area (Å²) in [4.78, 5) is 0. The summed E-state index contributed by atoms with van der Waals surface area (Å²) < 4.78 is 1.53. The maximum absolute atomic E-state index is 2.30. The molecule has 0 saturated carbocycles. The molecule has 0 spiro atoms. The molecule has 12 heavy (non-hydrogen) atoms. The molecule has 2 aromatic rings. The second-order valence-corrected chi connectivity index (χ2v) is 4.31. The molecule has 0 N–H and O–H groups in total. The molecular formula is C11H10S.